The van der Waals surface area contributed by atoms with E-state index in [4.69, 9.17) is 13.9 Å². The normalized spacial score (nSPS) is 10.7. The average Bonchev–Trinajstić information content (AvgIpc) is 3.34. The van der Waals surface area contributed by atoms with Crippen LogP contribution >= 0.6 is 0 Å². The average molecular weight is 444 g/mol. The van der Waals surface area contributed by atoms with Crippen LogP contribution in [0.1, 0.15) is 21.5 Å². The lowest BCUT2D eigenvalue weighted by Crippen LogP contribution is -2.22. The molecule has 0 radical (unpaired) electrons. The zero-order valence-corrected chi connectivity index (χ0v) is 18.6. The number of aromatic nitrogens is 2. The highest BCUT2D eigenvalue weighted by Gasteiger charge is 2.12. The van der Waals surface area contributed by atoms with Crippen LogP contribution in [0.4, 0.5) is 0 Å². The number of benzene rings is 3. The molecule has 7 heteroatoms. The Kier molecular flexibility index (Phi) is 7.12. The lowest BCUT2D eigenvalue weighted by atomic mass is 10.1. The molecule has 7 nitrogen and oxygen atoms in total. The Morgan fingerprint density at radius 1 is 0.848 bits per heavy atom. The summed E-state index contributed by atoms with van der Waals surface area (Å²) in [5.41, 5.74) is 4.31. The Labute approximate surface area is 192 Å². The Bertz CT molecular complexity index is 1180. The van der Waals surface area contributed by atoms with Gasteiger partial charge in [-0.25, -0.2) is 0 Å². The minimum Gasteiger partial charge on any atom is -0.491 e. The van der Waals surface area contributed by atoms with Crippen molar-refractivity contribution in [1.82, 2.24) is 15.5 Å². The van der Waals surface area contributed by atoms with Gasteiger partial charge >= 0.3 is 0 Å². The number of hydrogen-bond donors (Lipinski definition) is 1. The quantitative estimate of drug-likeness (QED) is 0.379. The third-order valence-electron chi connectivity index (χ3n) is 5.05. The lowest BCUT2D eigenvalue weighted by Gasteiger charge is -2.08. The highest BCUT2D eigenvalue weighted by molar-refractivity contribution is 5.94. The molecule has 0 saturated carbocycles. The SMILES string of the molecule is COCCOc1ccc(CNC(=O)c2ccc(-c3nnc(-c4ccc(C)cc4)o3)cc2)cc1. The molecule has 0 spiro atoms. The fourth-order valence-electron chi connectivity index (χ4n) is 3.15. The monoisotopic (exact) mass is 443 g/mol. The number of nitrogens with zero attached hydrogens (tertiary/aromatic N) is 2. The number of aryl methyl sites for hydroxylation is 1. The van der Waals surface area contributed by atoms with Crippen molar-refractivity contribution in [1.29, 1.82) is 0 Å². The van der Waals surface area contributed by atoms with Crippen molar-refractivity contribution in [2.24, 2.45) is 0 Å². The summed E-state index contributed by atoms with van der Waals surface area (Å²) in [5, 5.41) is 11.2. The molecule has 1 N–H and O–H groups in total. The maximum atomic E-state index is 12.5. The molecule has 0 saturated heterocycles. The van der Waals surface area contributed by atoms with Gasteiger partial charge < -0.3 is 19.2 Å². The number of carbonyl (C=O) groups excluding carboxylic acids is 1. The van der Waals surface area contributed by atoms with E-state index in [2.05, 4.69) is 15.5 Å². The first-order chi connectivity index (χ1) is 16.1. The molecule has 1 aromatic heterocycles. The van der Waals surface area contributed by atoms with Crippen LogP contribution in [0.3, 0.4) is 0 Å². The van der Waals surface area contributed by atoms with E-state index in [1.165, 1.54) is 0 Å². The maximum Gasteiger partial charge on any atom is 0.251 e. The topological polar surface area (TPSA) is 86.5 Å². The van der Waals surface area contributed by atoms with Gasteiger partial charge in [-0.05, 0) is 61.0 Å². The van der Waals surface area contributed by atoms with Crippen LogP contribution in [0.2, 0.25) is 0 Å². The Morgan fingerprint density at radius 2 is 1.45 bits per heavy atom. The molecule has 0 aliphatic heterocycles. The zero-order valence-electron chi connectivity index (χ0n) is 18.6. The van der Waals surface area contributed by atoms with E-state index in [0.29, 0.717) is 37.1 Å². The highest BCUT2D eigenvalue weighted by atomic mass is 16.5. The fraction of sp³-hybridized carbons (Fsp3) is 0.192. The van der Waals surface area contributed by atoms with Crippen LogP contribution < -0.4 is 10.1 Å². The van der Waals surface area contributed by atoms with Gasteiger partial charge in [-0.2, -0.15) is 0 Å². The van der Waals surface area contributed by atoms with E-state index in [1.807, 2.05) is 55.5 Å². The number of carbonyl (C=O) groups is 1. The van der Waals surface area contributed by atoms with Crippen molar-refractivity contribution in [3.63, 3.8) is 0 Å². The molecule has 0 unspecified atom stereocenters. The van der Waals surface area contributed by atoms with E-state index in [1.54, 1.807) is 31.4 Å². The maximum absolute atomic E-state index is 12.5. The Hall–Kier alpha value is -3.97. The summed E-state index contributed by atoms with van der Waals surface area (Å²) >= 11 is 0. The standard InChI is InChI=1S/C26H25N3O4/c1-18-3-7-21(8-4-18)25-28-29-26(33-25)22-11-9-20(10-12-22)24(30)27-17-19-5-13-23(14-6-19)32-16-15-31-2/h3-14H,15-17H2,1-2H3,(H,27,30). The summed E-state index contributed by atoms with van der Waals surface area (Å²) in [7, 11) is 1.64. The van der Waals surface area contributed by atoms with Gasteiger partial charge in [-0.3, -0.25) is 4.79 Å². The van der Waals surface area contributed by atoms with Gasteiger partial charge in [-0.1, -0.05) is 29.8 Å². The first-order valence-corrected chi connectivity index (χ1v) is 10.6. The van der Waals surface area contributed by atoms with Crippen molar-refractivity contribution in [2.75, 3.05) is 20.3 Å². The van der Waals surface area contributed by atoms with Crippen LogP contribution in [-0.4, -0.2) is 36.4 Å². The summed E-state index contributed by atoms with van der Waals surface area (Å²) in [6.45, 7) is 3.48. The van der Waals surface area contributed by atoms with E-state index < -0.39 is 0 Å². The summed E-state index contributed by atoms with van der Waals surface area (Å²) < 4.78 is 16.3. The first kappa shape index (κ1) is 22.2. The highest BCUT2D eigenvalue weighted by Crippen LogP contribution is 2.24. The van der Waals surface area contributed by atoms with Gasteiger partial charge in [0.05, 0.1) is 6.61 Å². The first-order valence-electron chi connectivity index (χ1n) is 10.6. The van der Waals surface area contributed by atoms with Gasteiger partial charge in [0.25, 0.3) is 5.91 Å². The number of ether oxygens (including phenoxy) is 2. The van der Waals surface area contributed by atoms with E-state index in [0.717, 1.165) is 28.0 Å². The molecule has 3 aromatic carbocycles. The number of amides is 1. The van der Waals surface area contributed by atoms with Crippen molar-refractivity contribution < 1.29 is 18.7 Å². The summed E-state index contributed by atoms with van der Waals surface area (Å²) in [6, 6.07) is 22.6. The lowest BCUT2D eigenvalue weighted by molar-refractivity contribution is 0.0951. The predicted molar refractivity (Wildman–Crippen MR) is 125 cm³/mol. The molecule has 0 atom stereocenters. The fourth-order valence-corrected chi connectivity index (χ4v) is 3.15. The minimum absolute atomic E-state index is 0.159. The van der Waals surface area contributed by atoms with Crippen LogP contribution in [0, 0.1) is 6.92 Å². The second-order valence-electron chi connectivity index (χ2n) is 7.52. The number of methoxy groups -OCH3 is 1. The molecule has 0 fully saturated rings. The van der Waals surface area contributed by atoms with Gasteiger partial charge in [-0.15, -0.1) is 10.2 Å². The van der Waals surface area contributed by atoms with Gasteiger partial charge in [0.15, 0.2) is 0 Å². The molecule has 0 aliphatic rings. The molecule has 0 bridgehead atoms. The Balaban J connectivity index is 1.33. The predicted octanol–water partition coefficient (Wildman–Crippen LogP) is 4.67. The van der Waals surface area contributed by atoms with Crippen LogP contribution in [0.5, 0.6) is 5.75 Å². The summed E-state index contributed by atoms with van der Waals surface area (Å²) in [4.78, 5) is 12.5. The zero-order chi connectivity index (χ0) is 23.0. The van der Waals surface area contributed by atoms with E-state index in [9.17, 15) is 4.79 Å². The van der Waals surface area contributed by atoms with Crippen LogP contribution in [0.25, 0.3) is 22.9 Å². The van der Waals surface area contributed by atoms with Crippen molar-refractivity contribution in [2.45, 2.75) is 13.5 Å². The Morgan fingerprint density at radius 3 is 2.06 bits per heavy atom. The van der Waals surface area contributed by atoms with Gasteiger partial charge in [0, 0.05) is 30.3 Å². The largest absolute Gasteiger partial charge is 0.491 e. The number of rotatable bonds is 9. The van der Waals surface area contributed by atoms with Crippen molar-refractivity contribution >= 4 is 5.91 Å². The second kappa shape index (κ2) is 10.6. The molecule has 1 amide bonds. The summed E-state index contributed by atoms with van der Waals surface area (Å²) in [5.74, 6) is 1.48. The molecular weight excluding hydrogens is 418 g/mol. The molecule has 1 heterocycles. The number of hydrogen-bond acceptors (Lipinski definition) is 6. The second-order valence-corrected chi connectivity index (χ2v) is 7.52. The summed E-state index contributed by atoms with van der Waals surface area (Å²) in [6.07, 6.45) is 0. The van der Waals surface area contributed by atoms with E-state index >= 15 is 0 Å². The number of nitrogens with one attached hydrogen (secondary N) is 1. The third kappa shape index (κ3) is 5.84. The van der Waals surface area contributed by atoms with Crippen LogP contribution in [-0.2, 0) is 11.3 Å². The molecule has 4 rings (SSSR count). The smallest absolute Gasteiger partial charge is 0.251 e. The molecular formula is C26H25N3O4. The third-order valence-corrected chi connectivity index (χ3v) is 5.05. The minimum atomic E-state index is -0.159. The van der Waals surface area contributed by atoms with Crippen molar-refractivity contribution in [3.05, 3.63) is 89.5 Å². The van der Waals surface area contributed by atoms with Crippen molar-refractivity contribution in [3.8, 4) is 28.7 Å². The van der Waals surface area contributed by atoms with E-state index in [-0.39, 0.29) is 5.91 Å². The van der Waals surface area contributed by atoms with Crippen LogP contribution in [0.15, 0.2) is 77.2 Å². The van der Waals surface area contributed by atoms with Gasteiger partial charge in [0.1, 0.15) is 12.4 Å². The molecule has 4 aromatic rings. The van der Waals surface area contributed by atoms with Gasteiger partial charge in [0.2, 0.25) is 11.8 Å². The molecule has 0 aliphatic carbocycles. The molecule has 168 valence electrons. The molecule has 33 heavy (non-hydrogen) atoms.